The van der Waals surface area contributed by atoms with E-state index in [9.17, 15) is 8.42 Å². The molecule has 0 radical (unpaired) electrons. The molecule has 6 nitrogen and oxygen atoms in total. The van der Waals surface area contributed by atoms with Gasteiger partial charge in [-0.1, -0.05) is 0 Å². The van der Waals surface area contributed by atoms with Crippen LogP contribution in [0.25, 0.3) is 0 Å². The minimum Gasteiger partial charge on any atom is -0.385 e. The fourth-order valence-electron chi connectivity index (χ4n) is 2.78. The molecule has 124 valence electrons. The van der Waals surface area contributed by atoms with Crippen LogP contribution in [-0.4, -0.2) is 69.0 Å². The molecule has 0 unspecified atom stereocenters. The molecule has 1 saturated heterocycles. The fourth-order valence-corrected chi connectivity index (χ4v) is 4.47. The highest BCUT2D eigenvalue weighted by Gasteiger charge is 2.32. The first-order chi connectivity index (χ1) is 10.6. The molecule has 2 rings (SSSR count). The van der Waals surface area contributed by atoms with E-state index in [0.717, 1.165) is 25.9 Å². The number of likely N-dealkylation sites (tertiary alicyclic amines) is 1. The number of pyridine rings is 1. The third-order valence-electron chi connectivity index (χ3n) is 4.06. The summed E-state index contributed by atoms with van der Waals surface area (Å²) in [7, 11) is 0.203. The van der Waals surface area contributed by atoms with Crippen LogP contribution in [0.15, 0.2) is 29.4 Å². The molecule has 1 aliphatic rings. The summed E-state index contributed by atoms with van der Waals surface area (Å²) in [5.74, 6) is 0. The predicted molar refractivity (Wildman–Crippen MR) is 85.1 cm³/mol. The largest absolute Gasteiger partial charge is 0.385 e. The van der Waals surface area contributed by atoms with E-state index in [1.807, 2.05) is 0 Å². The summed E-state index contributed by atoms with van der Waals surface area (Å²) in [6, 6.07) is 3.33. The maximum atomic E-state index is 12.9. The number of methoxy groups -OCH3 is 1. The summed E-state index contributed by atoms with van der Waals surface area (Å²) >= 11 is 0. The Bertz CT molecular complexity index is 542. The molecule has 0 atom stereocenters. The molecule has 1 aromatic rings. The van der Waals surface area contributed by atoms with Gasteiger partial charge in [0, 0.05) is 38.7 Å². The molecule has 0 bridgehead atoms. The van der Waals surface area contributed by atoms with Gasteiger partial charge in [0.25, 0.3) is 0 Å². The lowest BCUT2D eigenvalue weighted by molar-refractivity contribution is 0.157. The normalized spacial score (nSPS) is 18.0. The lowest BCUT2D eigenvalue weighted by Crippen LogP contribution is -2.47. The first-order valence-electron chi connectivity index (χ1n) is 7.65. The summed E-state index contributed by atoms with van der Waals surface area (Å²) in [5.41, 5.74) is 0. The Balaban J connectivity index is 2.19. The van der Waals surface area contributed by atoms with Gasteiger partial charge in [-0.05, 0) is 51.5 Å². The van der Waals surface area contributed by atoms with Gasteiger partial charge < -0.3 is 9.64 Å². The molecule has 0 amide bonds. The van der Waals surface area contributed by atoms with Crippen LogP contribution in [0.4, 0.5) is 0 Å². The van der Waals surface area contributed by atoms with Gasteiger partial charge in [-0.15, -0.1) is 0 Å². The van der Waals surface area contributed by atoms with Crippen LogP contribution in [0.5, 0.6) is 0 Å². The van der Waals surface area contributed by atoms with Crippen molar-refractivity contribution in [1.29, 1.82) is 0 Å². The molecule has 1 aliphatic heterocycles. The highest BCUT2D eigenvalue weighted by atomic mass is 32.2. The molecular formula is C15H25N3O3S. The number of sulfonamides is 1. The van der Waals surface area contributed by atoms with Gasteiger partial charge in [-0.25, -0.2) is 8.42 Å². The van der Waals surface area contributed by atoms with Gasteiger partial charge in [0.05, 0.1) is 0 Å². The van der Waals surface area contributed by atoms with Crippen molar-refractivity contribution in [2.45, 2.75) is 30.2 Å². The van der Waals surface area contributed by atoms with Crippen molar-refractivity contribution in [3.63, 3.8) is 0 Å². The van der Waals surface area contributed by atoms with Gasteiger partial charge in [-0.2, -0.15) is 4.31 Å². The molecule has 0 aromatic carbocycles. The summed E-state index contributed by atoms with van der Waals surface area (Å²) < 4.78 is 32.6. The fraction of sp³-hybridized carbons (Fsp3) is 0.667. The molecule has 22 heavy (non-hydrogen) atoms. The average Bonchev–Trinajstić information content (AvgIpc) is 2.53. The number of hydrogen-bond acceptors (Lipinski definition) is 5. The van der Waals surface area contributed by atoms with E-state index < -0.39 is 10.0 Å². The molecule has 2 heterocycles. The van der Waals surface area contributed by atoms with E-state index in [2.05, 4.69) is 16.9 Å². The molecule has 1 fully saturated rings. The van der Waals surface area contributed by atoms with Crippen molar-refractivity contribution in [3.8, 4) is 0 Å². The Kier molecular flexibility index (Phi) is 6.31. The zero-order valence-corrected chi connectivity index (χ0v) is 14.1. The zero-order valence-electron chi connectivity index (χ0n) is 13.3. The third-order valence-corrected chi connectivity index (χ3v) is 6.00. The van der Waals surface area contributed by atoms with E-state index in [1.54, 1.807) is 29.7 Å². The smallest absolute Gasteiger partial charge is 0.244 e. The van der Waals surface area contributed by atoms with Crippen molar-refractivity contribution >= 4 is 10.0 Å². The van der Waals surface area contributed by atoms with E-state index in [1.165, 1.54) is 6.20 Å². The lowest BCUT2D eigenvalue weighted by atomic mass is 10.1. The summed E-state index contributed by atoms with van der Waals surface area (Å²) in [6.45, 7) is 2.90. The summed E-state index contributed by atoms with van der Waals surface area (Å²) in [4.78, 5) is 6.45. The van der Waals surface area contributed by atoms with Gasteiger partial charge in [0.2, 0.25) is 10.0 Å². The Morgan fingerprint density at radius 1 is 1.41 bits per heavy atom. The molecule has 7 heteroatoms. The SMILES string of the molecule is COCCCN(C1CCN(C)CC1)S(=O)(=O)c1cccnc1. The van der Waals surface area contributed by atoms with E-state index in [0.29, 0.717) is 19.6 Å². The number of ether oxygens (including phenoxy) is 1. The second-order valence-electron chi connectivity index (χ2n) is 5.69. The summed E-state index contributed by atoms with van der Waals surface area (Å²) in [6.07, 6.45) is 5.44. The van der Waals surface area contributed by atoms with Crippen LogP contribution in [0.3, 0.4) is 0 Å². The second-order valence-corrected chi connectivity index (χ2v) is 7.58. The van der Waals surface area contributed by atoms with Gasteiger partial charge in [0.15, 0.2) is 0 Å². The summed E-state index contributed by atoms with van der Waals surface area (Å²) in [5, 5.41) is 0. The van der Waals surface area contributed by atoms with Crippen molar-refractivity contribution in [1.82, 2.24) is 14.2 Å². The maximum Gasteiger partial charge on any atom is 0.244 e. The Labute approximate surface area is 133 Å². The van der Waals surface area contributed by atoms with Crippen LogP contribution >= 0.6 is 0 Å². The predicted octanol–water partition coefficient (Wildman–Crippen LogP) is 1.20. The van der Waals surface area contributed by atoms with E-state index in [-0.39, 0.29) is 10.9 Å². The van der Waals surface area contributed by atoms with E-state index in [4.69, 9.17) is 4.74 Å². The first-order valence-corrected chi connectivity index (χ1v) is 9.09. The molecule has 0 saturated carbocycles. The molecule has 0 aliphatic carbocycles. The first kappa shape index (κ1) is 17.3. The van der Waals surface area contributed by atoms with Crippen LogP contribution < -0.4 is 0 Å². The van der Waals surface area contributed by atoms with Gasteiger partial charge >= 0.3 is 0 Å². The minimum atomic E-state index is -3.50. The molecule has 1 aromatic heterocycles. The topological polar surface area (TPSA) is 62.7 Å². The zero-order chi connectivity index (χ0) is 16.0. The van der Waals surface area contributed by atoms with Crippen molar-refractivity contribution in [2.24, 2.45) is 0 Å². The van der Waals surface area contributed by atoms with Crippen LogP contribution in [-0.2, 0) is 14.8 Å². The minimum absolute atomic E-state index is 0.0539. The van der Waals surface area contributed by atoms with Crippen molar-refractivity contribution in [3.05, 3.63) is 24.5 Å². The maximum absolute atomic E-state index is 12.9. The second kappa shape index (κ2) is 8.01. The molecule has 0 spiro atoms. The molecule has 0 N–H and O–H groups in total. The van der Waals surface area contributed by atoms with E-state index >= 15 is 0 Å². The Hall–Kier alpha value is -1.02. The van der Waals surface area contributed by atoms with Crippen molar-refractivity contribution < 1.29 is 13.2 Å². The quantitative estimate of drug-likeness (QED) is 0.704. The van der Waals surface area contributed by atoms with Crippen LogP contribution in [0.2, 0.25) is 0 Å². The van der Waals surface area contributed by atoms with Crippen LogP contribution in [0, 0.1) is 0 Å². The number of piperidine rings is 1. The number of nitrogens with zero attached hydrogens (tertiary/aromatic N) is 3. The highest BCUT2D eigenvalue weighted by molar-refractivity contribution is 7.89. The third kappa shape index (κ3) is 4.25. The number of rotatable bonds is 7. The molecular weight excluding hydrogens is 302 g/mol. The van der Waals surface area contributed by atoms with Gasteiger partial charge in [0.1, 0.15) is 4.90 Å². The standard InChI is InChI=1S/C15H25N3O3S/c1-17-10-6-14(7-11-17)18(9-4-12-21-2)22(19,20)15-5-3-8-16-13-15/h3,5,8,13-14H,4,6-7,9-12H2,1-2H3. The van der Waals surface area contributed by atoms with Gasteiger partial charge in [-0.3, -0.25) is 4.98 Å². The number of aromatic nitrogens is 1. The highest BCUT2D eigenvalue weighted by Crippen LogP contribution is 2.23. The monoisotopic (exact) mass is 327 g/mol. The Morgan fingerprint density at radius 3 is 2.73 bits per heavy atom. The van der Waals surface area contributed by atoms with Crippen molar-refractivity contribution in [2.75, 3.05) is 40.4 Å². The number of hydrogen-bond donors (Lipinski definition) is 0. The van der Waals surface area contributed by atoms with Crippen LogP contribution in [0.1, 0.15) is 19.3 Å². The lowest BCUT2D eigenvalue weighted by Gasteiger charge is -2.36. The average molecular weight is 327 g/mol. The Morgan fingerprint density at radius 2 is 2.14 bits per heavy atom.